The lowest BCUT2D eigenvalue weighted by molar-refractivity contribution is -0.215. The Morgan fingerprint density at radius 3 is 2.64 bits per heavy atom. The molecule has 3 saturated carbocycles. The number of hydrogen-bond donors (Lipinski definition) is 3. The quantitative estimate of drug-likeness (QED) is 0.667. The molecule has 0 bridgehead atoms. The molecular weight excluding hydrogens is 363 g/mol. The van der Waals surface area contributed by atoms with Gasteiger partial charge in [-0.2, -0.15) is 0 Å². The van der Waals surface area contributed by atoms with E-state index in [9.17, 15) is 24.9 Å². The van der Waals surface area contributed by atoms with Gasteiger partial charge in [-0.15, -0.1) is 0 Å². The van der Waals surface area contributed by atoms with Gasteiger partial charge in [0.15, 0.2) is 11.6 Å². The van der Waals surface area contributed by atoms with Crippen LogP contribution in [0.15, 0.2) is 23.8 Å². The zero-order valence-corrected chi connectivity index (χ0v) is 16.6. The van der Waals surface area contributed by atoms with E-state index in [2.05, 4.69) is 0 Å². The summed E-state index contributed by atoms with van der Waals surface area (Å²) in [6, 6.07) is 0. The molecule has 8 atom stereocenters. The van der Waals surface area contributed by atoms with Crippen LogP contribution in [-0.2, 0) is 9.59 Å². The first kappa shape index (κ1) is 19.9. The van der Waals surface area contributed by atoms with Gasteiger partial charge in [0, 0.05) is 22.7 Å². The van der Waals surface area contributed by atoms with E-state index in [-0.39, 0.29) is 18.6 Å². The van der Waals surface area contributed by atoms with Crippen molar-refractivity contribution in [3.8, 4) is 0 Å². The van der Waals surface area contributed by atoms with Gasteiger partial charge in [-0.1, -0.05) is 32.4 Å². The normalized spacial score (nSPS) is 52.5. The van der Waals surface area contributed by atoms with Crippen LogP contribution < -0.4 is 0 Å². The van der Waals surface area contributed by atoms with Gasteiger partial charge in [0.1, 0.15) is 17.9 Å². The lowest BCUT2D eigenvalue weighted by Crippen LogP contribution is -2.68. The van der Waals surface area contributed by atoms with E-state index in [0.29, 0.717) is 12.8 Å². The highest BCUT2D eigenvalue weighted by molar-refractivity contribution is 6.01. The highest BCUT2D eigenvalue weighted by atomic mass is 19.1. The van der Waals surface area contributed by atoms with Crippen molar-refractivity contribution in [2.75, 3.05) is 6.61 Å². The number of ketones is 2. The smallest absolute Gasteiger partial charge is 0.190 e. The maximum absolute atomic E-state index is 16.9. The number of rotatable bonds is 2. The highest BCUT2D eigenvalue weighted by Gasteiger charge is 2.77. The molecule has 3 N–H and O–H groups in total. The molecule has 0 unspecified atom stereocenters. The molecule has 0 aromatic heterocycles. The third-order valence-corrected chi connectivity index (χ3v) is 8.72. The van der Waals surface area contributed by atoms with Crippen LogP contribution in [0.3, 0.4) is 0 Å². The molecule has 4 rings (SSSR count). The van der Waals surface area contributed by atoms with Crippen molar-refractivity contribution < 1.29 is 29.3 Å². The Balaban J connectivity index is 1.84. The average Bonchev–Trinajstić information content (AvgIpc) is 2.79. The summed E-state index contributed by atoms with van der Waals surface area (Å²) in [5.41, 5.74) is -5.05. The van der Waals surface area contributed by atoms with E-state index < -0.39 is 58.3 Å². The predicted octanol–water partition coefficient (Wildman–Crippen LogP) is 1.90. The molecule has 3 fully saturated rings. The number of Topliss-reactive ketones (excluding diaryl/α,β-unsaturated/α-hetero) is 1. The molecule has 28 heavy (non-hydrogen) atoms. The SMILES string of the molecule is C[C@H]1C[C@]2(F)[C@H]3CCC4=CC(=O)C=C[C@]4(C)[C@@H]3[C@@H](O)C[C@]2(C)[C@@]1(O)C(=O)CO. The summed E-state index contributed by atoms with van der Waals surface area (Å²) < 4.78 is 16.9. The fraction of sp³-hybridized carbons (Fsp3) is 0.727. The van der Waals surface area contributed by atoms with Crippen molar-refractivity contribution in [3.05, 3.63) is 23.8 Å². The monoisotopic (exact) mass is 392 g/mol. The maximum atomic E-state index is 16.9. The molecule has 0 aromatic carbocycles. The van der Waals surface area contributed by atoms with Crippen molar-refractivity contribution >= 4 is 11.6 Å². The third kappa shape index (κ3) is 2.06. The van der Waals surface area contributed by atoms with Crippen LogP contribution in [0.5, 0.6) is 0 Å². The topological polar surface area (TPSA) is 94.8 Å². The molecule has 4 aliphatic rings. The number of carbonyl (C=O) groups is 2. The number of alkyl halides is 1. The van der Waals surface area contributed by atoms with Crippen molar-refractivity contribution in [2.45, 2.75) is 63.8 Å². The molecule has 0 spiro atoms. The van der Waals surface area contributed by atoms with Crippen LogP contribution in [0, 0.1) is 28.6 Å². The van der Waals surface area contributed by atoms with E-state index in [1.165, 1.54) is 6.08 Å². The summed E-state index contributed by atoms with van der Waals surface area (Å²) in [6.45, 7) is 4.29. The van der Waals surface area contributed by atoms with E-state index in [1.54, 1.807) is 26.0 Å². The van der Waals surface area contributed by atoms with Crippen molar-refractivity contribution in [3.63, 3.8) is 0 Å². The van der Waals surface area contributed by atoms with Gasteiger partial charge in [-0.3, -0.25) is 9.59 Å². The minimum atomic E-state index is -2.02. The second-order valence-corrected chi connectivity index (χ2v) is 9.78. The second kappa shape index (κ2) is 5.83. The van der Waals surface area contributed by atoms with Crippen LogP contribution >= 0.6 is 0 Å². The van der Waals surface area contributed by atoms with Gasteiger partial charge >= 0.3 is 0 Å². The first-order valence-electron chi connectivity index (χ1n) is 10.1. The maximum Gasteiger partial charge on any atom is 0.190 e. The van der Waals surface area contributed by atoms with Crippen LogP contribution in [0.2, 0.25) is 0 Å². The number of aliphatic hydroxyl groups is 3. The number of hydrogen-bond acceptors (Lipinski definition) is 5. The first-order valence-corrected chi connectivity index (χ1v) is 10.1. The van der Waals surface area contributed by atoms with Gasteiger partial charge in [0.05, 0.1) is 6.10 Å². The molecule has 0 amide bonds. The lowest BCUT2D eigenvalue weighted by Gasteiger charge is -2.61. The fourth-order valence-corrected chi connectivity index (χ4v) is 7.31. The fourth-order valence-electron chi connectivity index (χ4n) is 7.31. The molecule has 154 valence electrons. The van der Waals surface area contributed by atoms with E-state index in [1.807, 2.05) is 6.92 Å². The summed E-state index contributed by atoms with van der Waals surface area (Å²) in [4.78, 5) is 24.4. The molecule has 0 radical (unpaired) electrons. The van der Waals surface area contributed by atoms with Gasteiger partial charge < -0.3 is 15.3 Å². The summed E-state index contributed by atoms with van der Waals surface area (Å²) in [6.07, 6.45) is 4.88. The van der Waals surface area contributed by atoms with Crippen LogP contribution in [0.4, 0.5) is 4.39 Å². The zero-order chi connectivity index (χ0) is 20.7. The molecule has 4 aliphatic carbocycles. The van der Waals surface area contributed by atoms with Crippen molar-refractivity contribution in [1.82, 2.24) is 0 Å². The Morgan fingerprint density at radius 1 is 1.32 bits per heavy atom. The van der Waals surface area contributed by atoms with Crippen LogP contribution in [0.25, 0.3) is 0 Å². The summed E-state index contributed by atoms with van der Waals surface area (Å²) >= 11 is 0. The molecule has 0 heterocycles. The van der Waals surface area contributed by atoms with Crippen molar-refractivity contribution in [1.29, 1.82) is 0 Å². The third-order valence-electron chi connectivity index (χ3n) is 8.72. The number of halogens is 1. The molecule has 6 heteroatoms. The number of allylic oxidation sites excluding steroid dienone is 4. The largest absolute Gasteiger partial charge is 0.393 e. The minimum absolute atomic E-state index is 0.0113. The van der Waals surface area contributed by atoms with Crippen LogP contribution in [-0.4, -0.2) is 50.9 Å². The van der Waals surface area contributed by atoms with E-state index >= 15 is 4.39 Å². The minimum Gasteiger partial charge on any atom is -0.393 e. The van der Waals surface area contributed by atoms with Gasteiger partial charge in [0.25, 0.3) is 0 Å². The standard InChI is InChI=1S/C22H29FO5/c1-12-9-21(23)15-5-4-13-8-14(25)6-7-19(13,2)18(15)16(26)10-20(21,3)22(12,28)17(27)11-24/h6-8,12,15-16,18,24,26,28H,4-5,9-11H2,1-3H3/t12-,15-,16-,18-,19-,20-,21-,22-/m0/s1. The average molecular weight is 392 g/mol. The summed E-state index contributed by atoms with van der Waals surface area (Å²) in [5, 5.41) is 32.0. The number of aliphatic hydroxyl groups excluding tert-OH is 2. The molecular formula is C22H29FO5. The lowest BCUT2D eigenvalue weighted by atomic mass is 9.45. The zero-order valence-electron chi connectivity index (χ0n) is 16.6. The highest BCUT2D eigenvalue weighted by Crippen LogP contribution is 2.71. The van der Waals surface area contributed by atoms with Gasteiger partial charge in [0.2, 0.25) is 0 Å². The number of fused-ring (bicyclic) bond motifs is 5. The summed E-state index contributed by atoms with van der Waals surface area (Å²) in [5.74, 6) is -2.52. The van der Waals surface area contributed by atoms with Gasteiger partial charge in [-0.25, -0.2) is 4.39 Å². The van der Waals surface area contributed by atoms with E-state index in [4.69, 9.17) is 0 Å². The molecule has 5 nitrogen and oxygen atoms in total. The van der Waals surface area contributed by atoms with Crippen molar-refractivity contribution in [2.24, 2.45) is 28.6 Å². The Morgan fingerprint density at radius 2 is 2.00 bits per heavy atom. The number of carbonyl (C=O) groups excluding carboxylic acids is 2. The first-order chi connectivity index (χ1) is 13.0. The Hall–Kier alpha value is -1.37. The summed E-state index contributed by atoms with van der Waals surface area (Å²) in [7, 11) is 0. The molecule has 0 saturated heterocycles. The van der Waals surface area contributed by atoms with Crippen LogP contribution in [0.1, 0.15) is 46.5 Å². The molecule has 0 aromatic rings. The second-order valence-electron chi connectivity index (χ2n) is 9.78. The Kier molecular flexibility index (Phi) is 4.15. The Bertz CT molecular complexity index is 805. The van der Waals surface area contributed by atoms with E-state index in [0.717, 1.165) is 5.57 Å². The van der Waals surface area contributed by atoms with Gasteiger partial charge in [-0.05, 0) is 43.8 Å². The predicted molar refractivity (Wildman–Crippen MR) is 99.9 cm³/mol. The Labute approximate surface area is 164 Å². The molecule has 0 aliphatic heterocycles.